The number of nitrogens with one attached hydrogen (secondary N) is 1. The average molecular weight is 296 g/mol. The van der Waals surface area contributed by atoms with Gasteiger partial charge in [-0.1, -0.05) is 42.5 Å². The largest absolute Gasteiger partial charge is 0.366 e. The third-order valence-electron chi connectivity index (χ3n) is 3.86. The molecule has 0 aliphatic heterocycles. The van der Waals surface area contributed by atoms with E-state index in [1.165, 1.54) is 5.56 Å². The molecule has 0 radical (unpaired) electrons. The Morgan fingerprint density at radius 2 is 1.73 bits per heavy atom. The molecule has 0 saturated heterocycles. The van der Waals surface area contributed by atoms with Crippen LogP contribution in [0.25, 0.3) is 0 Å². The van der Waals surface area contributed by atoms with Gasteiger partial charge in [-0.2, -0.15) is 0 Å². The predicted octanol–water partition coefficient (Wildman–Crippen LogP) is 3.29. The van der Waals surface area contributed by atoms with Crippen LogP contribution < -0.4 is 11.1 Å². The molecule has 2 aromatic rings. The van der Waals surface area contributed by atoms with Gasteiger partial charge in [0, 0.05) is 17.6 Å². The lowest BCUT2D eigenvalue weighted by Crippen LogP contribution is -2.39. The van der Waals surface area contributed by atoms with Crippen molar-refractivity contribution < 1.29 is 4.79 Å². The van der Waals surface area contributed by atoms with Crippen LogP contribution in [0.3, 0.4) is 0 Å². The number of hydrogen-bond donors (Lipinski definition) is 2. The van der Waals surface area contributed by atoms with Crippen molar-refractivity contribution in [3.63, 3.8) is 0 Å². The van der Waals surface area contributed by atoms with Gasteiger partial charge in [-0.05, 0) is 49.9 Å². The van der Waals surface area contributed by atoms with Crippen LogP contribution in [0.4, 0.5) is 0 Å². The van der Waals surface area contributed by atoms with Crippen molar-refractivity contribution in [2.75, 3.05) is 0 Å². The number of benzene rings is 2. The normalized spacial score (nSPS) is 11.4. The van der Waals surface area contributed by atoms with Crippen LogP contribution in [-0.4, -0.2) is 11.4 Å². The number of aryl methyl sites for hydroxylation is 1. The van der Waals surface area contributed by atoms with Crippen molar-refractivity contribution in [1.82, 2.24) is 5.32 Å². The third kappa shape index (κ3) is 5.01. The van der Waals surface area contributed by atoms with Gasteiger partial charge < -0.3 is 11.1 Å². The Hall–Kier alpha value is -2.13. The van der Waals surface area contributed by atoms with Gasteiger partial charge in [0.05, 0.1) is 0 Å². The molecule has 0 aliphatic carbocycles. The molecule has 1 amide bonds. The van der Waals surface area contributed by atoms with Crippen LogP contribution >= 0.6 is 0 Å². The summed E-state index contributed by atoms with van der Waals surface area (Å²) >= 11 is 0. The van der Waals surface area contributed by atoms with Crippen molar-refractivity contribution in [3.05, 3.63) is 71.3 Å². The summed E-state index contributed by atoms with van der Waals surface area (Å²) in [5, 5.41) is 3.56. The van der Waals surface area contributed by atoms with Gasteiger partial charge in [0.1, 0.15) is 0 Å². The van der Waals surface area contributed by atoms with Crippen LogP contribution in [0.15, 0.2) is 54.6 Å². The van der Waals surface area contributed by atoms with Crippen LogP contribution in [-0.2, 0) is 13.0 Å². The molecule has 0 unspecified atom stereocenters. The Balaban J connectivity index is 1.89. The number of carbonyl (C=O) groups excluding carboxylic acids is 1. The molecule has 0 bridgehead atoms. The van der Waals surface area contributed by atoms with Gasteiger partial charge in [0.25, 0.3) is 0 Å². The van der Waals surface area contributed by atoms with E-state index in [4.69, 9.17) is 5.73 Å². The van der Waals surface area contributed by atoms with E-state index in [0.717, 1.165) is 24.9 Å². The number of hydrogen-bond acceptors (Lipinski definition) is 2. The molecule has 22 heavy (non-hydrogen) atoms. The fourth-order valence-electron chi connectivity index (χ4n) is 2.37. The Morgan fingerprint density at radius 1 is 1.05 bits per heavy atom. The van der Waals surface area contributed by atoms with E-state index in [1.54, 1.807) is 6.07 Å². The second-order valence-electron chi connectivity index (χ2n) is 6.29. The molecule has 0 aromatic heterocycles. The van der Waals surface area contributed by atoms with Crippen molar-refractivity contribution in [2.24, 2.45) is 5.73 Å². The first-order valence-electron chi connectivity index (χ1n) is 7.64. The Labute approximate surface area is 132 Å². The minimum absolute atomic E-state index is 0.0264. The van der Waals surface area contributed by atoms with E-state index in [0.29, 0.717) is 5.56 Å². The van der Waals surface area contributed by atoms with Crippen LogP contribution in [0, 0.1) is 0 Å². The van der Waals surface area contributed by atoms with E-state index >= 15 is 0 Å². The number of rotatable bonds is 7. The summed E-state index contributed by atoms with van der Waals surface area (Å²) in [5.74, 6) is -0.384. The highest BCUT2D eigenvalue weighted by Gasteiger charge is 2.16. The van der Waals surface area contributed by atoms with E-state index < -0.39 is 0 Å². The molecule has 3 N–H and O–H groups in total. The topological polar surface area (TPSA) is 55.1 Å². The summed E-state index contributed by atoms with van der Waals surface area (Å²) in [6, 6.07) is 18.0. The van der Waals surface area contributed by atoms with Gasteiger partial charge in [-0.15, -0.1) is 0 Å². The second-order valence-corrected chi connectivity index (χ2v) is 6.29. The zero-order chi connectivity index (χ0) is 16.0. The molecule has 2 rings (SSSR count). The zero-order valence-electron chi connectivity index (χ0n) is 13.3. The molecule has 0 atom stereocenters. The molecule has 0 spiro atoms. The van der Waals surface area contributed by atoms with Gasteiger partial charge in [0.2, 0.25) is 5.91 Å². The lowest BCUT2D eigenvalue weighted by Gasteiger charge is -2.26. The van der Waals surface area contributed by atoms with Crippen LogP contribution in [0.2, 0.25) is 0 Å². The average Bonchev–Trinajstić information content (AvgIpc) is 2.53. The molecule has 3 nitrogen and oxygen atoms in total. The Morgan fingerprint density at radius 3 is 2.41 bits per heavy atom. The molecular weight excluding hydrogens is 272 g/mol. The summed E-state index contributed by atoms with van der Waals surface area (Å²) in [5.41, 5.74) is 8.33. The van der Waals surface area contributed by atoms with Crippen molar-refractivity contribution in [2.45, 2.75) is 38.8 Å². The quantitative estimate of drug-likeness (QED) is 0.824. The van der Waals surface area contributed by atoms with Crippen LogP contribution in [0.5, 0.6) is 0 Å². The molecule has 0 aliphatic rings. The lowest BCUT2D eigenvalue weighted by molar-refractivity contribution is 0.1000. The summed E-state index contributed by atoms with van der Waals surface area (Å²) in [6.45, 7) is 5.13. The van der Waals surface area contributed by atoms with E-state index in [2.05, 4.69) is 43.4 Å². The van der Waals surface area contributed by atoms with E-state index in [-0.39, 0.29) is 11.4 Å². The summed E-state index contributed by atoms with van der Waals surface area (Å²) in [7, 11) is 0. The molecule has 0 fully saturated rings. The summed E-state index contributed by atoms with van der Waals surface area (Å²) < 4.78 is 0. The van der Waals surface area contributed by atoms with Gasteiger partial charge in [-0.25, -0.2) is 0 Å². The second kappa shape index (κ2) is 7.23. The fraction of sp³-hybridized carbons (Fsp3) is 0.316. The standard InChI is InChI=1S/C19H24N2O/c1-19(2,12-11-15-7-4-3-5-8-15)21-14-16-9-6-10-17(13-16)18(20)22/h3-10,13,21H,11-12,14H2,1-2H3,(H2,20,22). The molecular formula is C19H24N2O. The van der Waals surface area contributed by atoms with Crippen molar-refractivity contribution in [3.8, 4) is 0 Å². The maximum atomic E-state index is 11.2. The number of primary amides is 1. The van der Waals surface area contributed by atoms with Crippen LogP contribution in [0.1, 0.15) is 41.8 Å². The monoisotopic (exact) mass is 296 g/mol. The highest BCUT2D eigenvalue weighted by molar-refractivity contribution is 5.92. The zero-order valence-corrected chi connectivity index (χ0v) is 13.3. The van der Waals surface area contributed by atoms with Gasteiger partial charge in [0.15, 0.2) is 0 Å². The maximum Gasteiger partial charge on any atom is 0.248 e. The Kier molecular flexibility index (Phi) is 5.34. The molecule has 0 heterocycles. The van der Waals surface area contributed by atoms with Gasteiger partial charge >= 0.3 is 0 Å². The SMILES string of the molecule is CC(C)(CCc1ccccc1)NCc1cccc(C(N)=O)c1. The highest BCUT2D eigenvalue weighted by Crippen LogP contribution is 2.15. The maximum absolute atomic E-state index is 11.2. The number of nitrogens with two attached hydrogens (primary N) is 1. The minimum Gasteiger partial charge on any atom is -0.366 e. The molecule has 116 valence electrons. The smallest absolute Gasteiger partial charge is 0.248 e. The molecule has 0 saturated carbocycles. The Bertz CT molecular complexity index is 620. The summed E-state index contributed by atoms with van der Waals surface area (Å²) in [4.78, 5) is 11.2. The predicted molar refractivity (Wildman–Crippen MR) is 90.6 cm³/mol. The molecule has 2 aromatic carbocycles. The summed E-state index contributed by atoms with van der Waals surface area (Å²) in [6.07, 6.45) is 2.09. The fourth-order valence-corrected chi connectivity index (χ4v) is 2.37. The van der Waals surface area contributed by atoms with Crippen molar-refractivity contribution in [1.29, 1.82) is 0 Å². The molecule has 3 heteroatoms. The first-order valence-corrected chi connectivity index (χ1v) is 7.64. The first kappa shape index (κ1) is 16.2. The lowest BCUT2D eigenvalue weighted by atomic mass is 9.95. The highest BCUT2D eigenvalue weighted by atomic mass is 16.1. The van der Waals surface area contributed by atoms with Gasteiger partial charge in [-0.3, -0.25) is 4.79 Å². The van der Waals surface area contributed by atoms with Crippen molar-refractivity contribution >= 4 is 5.91 Å². The number of carbonyl (C=O) groups is 1. The minimum atomic E-state index is -0.384. The third-order valence-corrected chi connectivity index (χ3v) is 3.86. The van der Waals surface area contributed by atoms with E-state index in [1.807, 2.05) is 24.3 Å². The number of amides is 1. The van der Waals surface area contributed by atoms with E-state index in [9.17, 15) is 4.79 Å². The first-order chi connectivity index (χ1) is 10.5.